The first-order chi connectivity index (χ1) is 13.9. The third-order valence-corrected chi connectivity index (χ3v) is 4.97. The van der Waals surface area contributed by atoms with Crippen LogP contribution in [-0.4, -0.2) is 36.0 Å². The van der Waals surface area contributed by atoms with Crippen LogP contribution in [-0.2, 0) is 4.79 Å². The predicted molar refractivity (Wildman–Crippen MR) is 115 cm³/mol. The molecule has 1 saturated heterocycles. The van der Waals surface area contributed by atoms with E-state index in [9.17, 15) is 9.59 Å². The molecule has 1 fully saturated rings. The van der Waals surface area contributed by atoms with E-state index in [-0.39, 0.29) is 23.9 Å². The zero-order chi connectivity index (χ0) is 20.8. The van der Waals surface area contributed by atoms with Gasteiger partial charge >= 0.3 is 6.03 Å². The molecule has 0 spiro atoms. The van der Waals surface area contributed by atoms with Gasteiger partial charge in [0.15, 0.2) is 5.75 Å². The SMILES string of the molecule is CC(C)NC(=O)C1CCN(C(=O)Nc2cc(Cl)ccc2Oc2ccccc2)CC1. The summed E-state index contributed by atoms with van der Waals surface area (Å²) in [5.74, 6) is 1.19. The van der Waals surface area contributed by atoms with Gasteiger partial charge in [0.1, 0.15) is 5.75 Å². The van der Waals surface area contributed by atoms with Gasteiger partial charge in [-0.2, -0.15) is 0 Å². The summed E-state index contributed by atoms with van der Waals surface area (Å²) in [4.78, 5) is 26.6. The first kappa shape index (κ1) is 21.0. The molecule has 1 heterocycles. The highest BCUT2D eigenvalue weighted by molar-refractivity contribution is 6.31. The fourth-order valence-electron chi connectivity index (χ4n) is 3.25. The molecule has 1 aliphatic heterocycles. The van der Waals surface area contributed by atoms with E-state index in [4.69, 9.17) is 16.3 Å². The van der Waals surface area contributed by atoms with Gasteiger partial charge in [0.25, 0.3) is 0 Å². The number of rotatable bonds is 5. The summed E-state index contributed by atoms with van der Waals surface area (Å²) in [6.07, 6.45) is 1.30. The van der Waals surface area contributed by atoms with Gasteiger partial charge in [0.2, 0.25) is 5.91 Å². The minimum Gasteiger partial charge on any atom is -0.455 e. The van der Waals surface area contributed by atoms with Crippen LogP contribution in [0.5, 0.6) is 11.5 Å². The molecule has 0 saturated carbocycles. The van der Waals surface area contributed by atoms with Crippen LogP contribution in [0, 0.1) is 5.92 Å². The lowest BCUT2D eigenvalue weighted by atomic mass is 9.96. The average molecular weight is 416 g/mol. The summed E-state index contributed by atoms with van der Waals surface area (Å²) in [6.45, 7) is 4.94. The van der Waals surface area contributed by atoms with E-state index in [1.165, 1.54) is 0 Å². The van der Waals surface area contributed by atoms with E-state index >= 15 is 0 Å². The summed E-state index contributed by atoms with van der Waals surface area (Å²) >= 11 is 6.12. The molecule has 2 aromatic carbocycles. The number of piperidine rings is 1. The first-order valence-corrected chi connectivity index (χ1v) is 10.2. The number of carbonyl (C=O) groups excluding carboxylic acids is 2. The van der Waals surface area contributed by atoms with Crippen LogP contribution >= 0.6 is 11.6 Å². The molecule has 0 aliphatic carbocycles. The van der Waals surface area contributed by atoms with E-state index in [0.717, 1.165) is 0 Å². The lowest BCUT2D eigenvalue weighted by Crippen LogP contribution is -2.45. The highest BCUT2D eigenvalue weighted by atomic mass is 35.5. The van der Waals surface area contributed by atoms with E-state index in [0.29, 0.717) is 48.1 Å². The maximum Gasteiger partial charge on any atom is 0.321 e. The Morgan fingerprint density at radius 1 is 1.10 bits per heavy atom. The number of anilines is 1. The highest BCUT2D eigenvalue weighted by Gasteiger charge is 2.28. The Kier molecular flexibility index (Phi) is 6.99. The second kappa shape index (κ2) is 9.65. The van der Waals surface area contributed by atoms with Crippen LogP contribution < -0.4 is 15.4 Å². The molecule has 2 N–H and O–H groups in total. The van der Waals surface area contributed by atoms with Crippen molar-refractivity contribution in [3.8, 4) is 11.5 Å². The Labute approximate surface area is 176 Å². The third-order valence-electron chi connectivity index (χ3n) is 4.74. The molecule has 0 bridgehead atoms. The Balaban J connectivity index is 1.62. The molecule has 1 aliphatic rings. The number of ether oxygens (including phenoxy) is 1. The van der Waals surface area contributed by atoms with Crippen molar-refractivity contribution in [3.63, 3.8) is 0 Å². The largest absolute Gasteiger partial charge is 0.455 e. The molecular formula is C22H26ClN3O3. The molecule has 6 nitrogen and oxygen atoms in total. The molecule has 2 aromatic rings. The number of hydrogen-bond donors (Lipinski definition) is 2. The van der Waals surface area contributed by atoms with Crippen molar-refractivity contribution in [2.45, 2.75) is 32.7 Å². The molecule has 0 atom stereocenters. The number of hydrogen-bond acceptors (Lipinski definition) is 3. The highest BCUT2D eigenvalue weighted by Crippen LogP contribution is 2.32. The quantitative estimate of drug-likeness (QED) is 0.729. The number of nitrogens with zero attached hydrogens (tertiary/aromatic N) is 1. The number of likely N-dealkylation sites (tertiary alicyclic amines) is 1. The molecule has 3 amide bonds. The zero-order valence-corrected chi connectivity index (χ0v) is 17.4. The normalized spacial score (nSPS) is 14.6. The number of carbonyl (C=O) groups is 2. The summed E-state index contributed by atoms with van der Waals surface area (Å²) in [7, 11) is 0. The number of nitrogens with one attached hydrogen (secondary N) is 2. The van der Waals surface area contributed by atoms with E-state index in [2.05, 4.69) is 10.6 Å². The van der Waals surface area contributed by atoms with Crippen LogP contribution in [0.15, 0.2) is 48.5 Å². The van der Waals surface area contributed by atoms with Crippen molar-refractivity contribution in [3.05, 3.63) is 53.6 Å². The second-order valence-corrected chi connectivity index (χ2v) is 7.85. The van der Waals surface area contributed by atoms with Crippen molar-refractivity contribution >= 4 is 29.2 Å². The second-order valence-electron chi connectivity index (χ2n) is 7.41. The van der Waals surface area contributed by atoms with Gasteiger partial charge in [-0.25, -0.2) is 4.79 Å². The van der Waals surface area contributed by atoms with E-state index in [1.54, 1.807) is 23.1 Å². The van der Waals surface area contributed by atoms with Gasteiger partial charge in [-0.05, 0) is 57.0 Å². The van der Waals surface area contributed by atoms with Gasteiger partial charge in [-0.1, -0.05) is 29.8 Å². The first-order valence-electron chi connectivity index (χ1n) is 9.81. The van der Waals surface area contributed by atoms with Gasteiger partial charge in [0, 0.05) is 30.1 Å². The minimum absolute atomic E-state index is 0.0513. The summed E-state index contributed by atoms with van der Waals surface area (Å²) in [6, 6.07) is 14.3. The number of benzene rings is 2. The average Bonchev–Trinajstić information content (AvgIpc) is 2.70. The van der Waals surface area contributed by atoms with Gasteiger partial charge in [-0.15, -0.1) is 0 Å². The Morgan fingerprint density at radius 2 is 1.79 bits per heavy atom. The van der Waals surface area contributed by atoms with Crippen molar-refractivity contribution in [2.75, 3.05) is 18.4 Å². The van der Waals surface area contributed by atoms with Crippen LogP contribution in [0.4, 0.5) is 10.5 Å². The Hall–Kier alpha value is -2.73. The van der Waals surface area contributed by atoms with Crippen LogP contribution in [0.1, 0.15) is 26.7 Å². The van der Waals surface area contributed by atoms with E-state index < -0.39 is 0 Å². The smallest absolute Gasteiger partial charge is 0.321 e. The van der Waals surface area contributed by atoms with Gasteiger partial charge in [-0.3, -0.25) is 4.79 Å². The van der Waals surface area contributed by atoms with Crippen molar-refractivity contribution in [2.24, 2.45) is 5.92 Å². The Bertz CT molecular complexity index is 850. The minimum atomic E-state index is -0.229. The molecule has 0 aromatic heterocycles. The monoisotopic (exact) mass is 415 g/mol. The lowest BCUT2D eigenvalue weighted by molar-refractivity contribution is -0.126. The summed E-state index contributed by atoms with van der Waals surface area (Å²) < 4.78 is 5.89. The van der Waals surface area contributed by atoms with Crippen molar-refractivity contribution < 1.29 is 14.3 Å². The summed E-state index contributed by atoms with van der Waals surface area (Å²) in [5, 5.41) is 6.34. The number of amides is 3. The molecule has 154 valence electrons. The fraction of sp³-hybridized carbons (Fsp3) is 0.364. The molecule has 3 rings (SSSR count). The Morgan fingerprint density at radius 3 is 2.45 bits per heavy atom. The fourth-order valence-corrected chi connectivity index (χ4v) is 3.42. The van der Waals surface area contributed by atoms with Crippen molar-refractivity contribution in [1.82, 2.24) is 10.2 Å². The van der Waals surface area contributed by atoms with Crippen LogP contribution in [0.3, 0.4) is 0 Å². The standard InChI is InChI=1S/C22H26ClN3O3/c1-15(2)24-21(27)16-10-12-26(13-11-16)22(28)25-19-14-17(23)8-9-20(19)29-18-6-4-3-5-7-18/h3-9,14-16H,10-13H2,1-2H3,(H,24,27)(H,25,28). The van der Waals surface area contributed by atoms with Gasteiger partial charge < -0.3 is 20.3 Å². The topological polar surface area (TPSA) is 70.7 Å². The number of urea groups is 1. The third kappa shape index (κ3) is 5.87. The number of para-hydroxylation sites is 1. The molecule has 0 unspecified atom stereocenters. The van der Waals surface area contributed by atoms with Crippen LogP contribution in [0.25, 0.3) is 0 Å². The maximum atomic E-state index is 12.8. The predicted octanol–water partition coefficient (Wildman–Crippen LogP) is 4.90. The zero-order valence-electron chi connectivity index (χ0n) is 16.7. The molecule has 0 radical (unpaired) electrons. The molecule has 29 heavy (non-hydrogen) atoms. The molecule has 7 heteroatoms. The van der Waals surface area contributed by atoms with Gasteiger partial charge in [0.05, 0.1) is 5.69 Å². The van der Waals surface area contributed by atoms with E-state index in [1.807, 2.05) is 44.2 Å². The maximum absolute atomic E-state index is 12.8. The molecular weight excluding hydrogens is 390 g/mol. The summed E-state index contributed by atoms with van der Waals surface area (Å²) in [5.41, 5.74) is 0.506. The lowest BCUT2D eigenvalue weighted by Gasteiger charge is -2.31. The van der Waals surface area contributed by atoms with Crippen molar-refractivity contribution in [1.29, 1.82) is 0 Å². The van der Waals surface area contributed by atoms with Crippen LogP contribution in [0.2, 0.25) is 5.02 Å². The number of halogens is 1.